The van der Waals surface area contributed by atoms with Crippen LogP contribution in [0.2, 0.25) is 0 Å². The van der Waals surface area contributed by atoms with Crippen molar-refractivity contribution < 1.29 is 18.3 Å². The summed E-state index contributed by atoms with van der Waals surface area (Å²) in [5.41, 5.74) is 6.06. The number of hydrogen-bond donors (Lipinski definition) is 2. The van der Waals surface area contributed by atoms with Crippen LogP contribution in [-0.2, 0) is 10.0 Å². The number of para-hydroxylation sites is 1. The minimum atomic E-state index is -3.74. The zero-order valence-corrected chi connectivity index (χ0v) is 11.0. The van der Waals surface area contributed by atoms with Crippen molar-refractivity contribution in [2.75, 3.05) is 5.73 Å². The molecule has 1 aliphatic rings. The number of aromatic hydroxyl groups is 1. The molecule has 102 valence electrons. The van der Waals surface area contributed by atoms with E-state index >= 15 is 0 Å². The largest absolute Gasteiger partial charge is 0.506 e. The molecule has 0 fully saturated rings. The van der Waals surface area contributed by atoms with Gasteiger partial charge in [-0.2, -0.15) is 8.42 Å². The van der Waals surface area contributed by atoms with E-state index in [1.807, 2.05) is 0 Å². The fourth-order valence-electron chi connectivity index (χ4n) is 1.87. The first kappa shape index (κ1) is 12.5. The van der Waals surface area contributed by atoms with Gasteiger partial charge in [-0.05, 0) is 24.3 Å². The monoisotopic (exact) mass is 290 g/mol. The lowest BCUT2D eigenvalue weighted by Crippen LogP contribution is -2.09. The van der Waals surface area contributed by atoms with Gasteiger partial charge in [-0.3, -0.25) is 0 Å². The minimum Gasteiger partial charge on any atom is -0.506 e. The number of fused-ring (bicyclic) bond motifs is 1. The standard InChI is InChI=1S/C13H10N2O4S/c14-12-9(16)5-3-6-10(12)19-13-8-4-1-2-7-11(8)20(17,18)15-13/h1-7,16H,14H2. The van der Waals surface area contributed by atoms with Crippen LogP contribution in [0.3, 0.4) is 0 Å². The smallest absolute Gasteiger partial charge is 0.286 e. The summed E-state index contributed by atoms with van der Waals surface area (Å²) in [6.45, 7) is 0. The molecule has 6 nitrogen and oxygen atoms in total. The van der Waals surface area contributed by atoms with Crippen LogP contribution < -0.4 is 10.5 Å². The molecule has 0 spiro atoms. The number of hydrogen-bond acceptors (Lipinski definition) is 5. The van der Waals surface area contributed by atoms with Crippen LogP contribution in [0, 0.1) is 0 Å². The molecular weight excluding hydrogens is 280 g/mol. The van der Waals surface area contributed by atoms with E-state index in [2.05, 4.69) is 4.40 Å². The fraction of sp³-hybridized carbons (Fsp3) is 0. The predicted molar refractivity (Wildman–Crippen MR) is 73.3 cm³/mol. The molecule has 2 aromatic rings. The molecule has 0 radical (unpaired) electrons. The second kappa shape index (κ2) is 4.24. The third-order valence-corrected chi connectivity index (χ3v) is 4.17. The molecule has 0 atom stereocenters. The fourth-order valence-corrected chi connectivity index (χ4v) is 3.01. The Morgan fingerprint density at radius 1 is 1.10 bits per heavy atom. The summed E-state index contributed by atoms with van der Waals surface area (Å²) in [5.74, 6) is -0.0502. The molecule has 1 heterocycles. The highest BCUT2D eigenvalue weighted by Gasteiger charge is 2.30. The van der Waals surface area contributed by atoms with Crippen molar-refractivity contribution in [3.8, 4) is 11.5 Å². The highest BCUT2D eigenvalue weighted by atomic mass is 32.2. The third-order valence-electron chi connectivity index (χ3n) is 2.85. The zero-order valence-electron chi connectivity index (χ0n) is 10.1. The van der Waals surface area contributed by atoms with E-state index in [1.54, 1.807) is 18.2 Å². The van der Waals surface area contributed by atoms with Gasteiger partial charge < -0.3 is 15.6 Å². The normalized spacial score (nSPS) is 15.5. The number of rotatable bonds is 1. The van der Waals surface area contributed by atoms with Gasteiger partial charge in [-0.25, -0.2) is 0 Å². The maximum Gasteiger partial charge on any atom is 0.286 e. The van der Waals surface area contributed by atoms with E-state index in [0.29, 0.717) is 5.56 Å². The second-order valence-electron chi connectivity index (χ2n) is 4.16. The molecule has 1 aliphatic heterocycles. The van der Waals surface area contributed by atoms with Crippen molar-refractivity contribution in [1.82, 2.24) is 0 Å². The van der Waals surface area contributed by atoms with Crippen LogP contribution in [0.5, 0.6) is 11.5 Å². The predicted octanol–water partition coefficient (Wildman–Crippen LogP) is 1.50. The highest BCUT2D eigenvalue weighted by Crippen LogP contribution is 2.33. The number of ether oxygens (including phenoxy) is 1. The molecule has 0 saturated heterocycles. The van der Waals surface area contributed by atoms with Crippen molar-refractivity contribution in [3.05, 3.63) is 48.0 Å². The molecule has 2 aromatic carbocycles. The second-order valence-corrected chi connectivity index (χ2v) is 5.73. The molecule has 0 aromatic heterocycles. The summed E-state index contributed by atoms with van der Waals surface area (Å²) < 4.78 is 32.7. The van der Waals surface area contributed by atoms with E-state index in [4.69, 9.17) is 10.5 Å². The van der Waals surface area contributed by atoms with E-state index in [9.17, 15) is 13.5 Å². The van der Waals surface area contributed by atoms with Gasteiger partial charge in [0.25, 0.3) is 10.0 Å². The van der Waals surface area contributed by atoms with Gasteiger partial charge in [0.05, 0.1) is 5.56 Å². The van der Waals surface area contributed by atoms with E-state index < -0.39 is 10.0 Å². The van der Waals surface area contributed by atoms with Crippen molar-refractivity contribution in [2.45, 2.75) is 4.90 Å². The highest BCUT2D eigenvalue weighted by molar-refractivity contribution is 7.90. The van der Waals surface area contributed by atoms with E-state index in [0.717, 1.165) is 0 Å². The molecule has 20 heavy (non-hydrogen) atoms. The maximum atomic E-state index is 11.9. The summed E-state index contributed by atoms with van der Waals surface area (Å²) in [7, 11) is -3.74. The summed E-state index contributed by atoms with van der Waals surface area (Å²) in [5, 5.41) is 9.51. The van der Waals surface area contributed by atoms with Gasteiger partial charge in [0.1, 0.15) is 16.3 Å². The Morgan fingerprint density at radius 2 is 1.85 bits per heavy atom. The average Bonchev–Trinajstić information content (AvgIpc) is 2.67. The summed E-state index contributed by atoms with van der Waals surface area (Å²) in [4.78, 5) is 0.0914. The van der Waals surface area contributed by atoms with Crippen LogP contribution in [0.15, 0.2) is 51.8 Å². The topological polar surface area (TPSA) is 102 Å². The quantitative estimate of drug-likeness (QED) is 0.612. The number of phenols is 1. The van der Waals surface area contributed by atoms with E-state index in [1.165, 1.54) is 24.3 Å². The zero-order chi connectivity index (χ0) is 14.3. The SMILES string of the molecule is Nc1c(O)cccc1OC1=NS(=O)(=O)c2ccccc21. The van der Waals surface area contributed by atoms with Crippen LogP contribution in [0.1, 0.15) is 5.56 Å². The average molecular weight is 290 g/mol. The number of nitrogen functional groups attached to an aromatic ring is 1. The molecule has 3 N–H and O–H groups in total. The minimum absolute atomic E-state index is 0.0250. The van der Waals surface area contributed by atoms with Gasteiger partial charge in [-0.1, -0.05) is 18.2 Å². The Hall–Kier alpha value is -2.54. The van der Waals surface area contributed by atoms with Gasteiger partial charge in [0, 0.05) is 0 Å². The lowest BCUT2D eigenvalue weighted by molar-refractivity contribution is 0.472. The summed E-state index contributed by atoms with van der Waals surface area (Å²) in [6.07, 6.45) is 0. The number of benzene rings is 2. The first-order valence-corrected chi connectivity index (χ1v) is 7.13. The molecule has 0 aliphatic carbocycles. The molecule has 3 rings (SSSR count). The summed E-state index contributed by atoms with van der Waals surface area (Å²) >= 11 is 0. The summed E-state index contributed by atoms with van der Waals surface area (Å²) in [6, 6.07) is 10.8. The molecule has 0 unspecified atom stereocenters. The molecule has 0 bridgehead atoms. The van der Waals surface area contributed by atoms with Gasteiger partial charge >= 0.3 is 0 Å². The number of nitrogens with two attached hydrogens (primary N) is 1. The van der Waals surface area contributed by atoms with Crippen molar-refractivity contribution in [2.24, 2.45) is 4.40 Å². The number of nitrogens with zero attached hydrogens (tertiary/aromatic N) is 1. The van der Waals surface area contributed by atoms with Crippen LogP contribution >= 0.6 is 0 Å². The maximum absolute atomic E-state index is 11.9. The number of anilines is 1. The Morgan fingerprint density at radius 3 is 2.65 bits per heavy atom. The first-order valence-electron chi connectivity index (χ1n) is 5.69. The first-order chi connectivity index (χ1) is 9.49. The van der Waals surface area contributed by atoms with Gasteiger partial charge in [0.2, 0.25) is 5.90 Å². The lowest BCUT2D eigenvalue weighted by atomic mass is 10.2. The molecule has 0 saturated carbocycles. The van der Waals surface area contributed by atoms with Gasteiger partial charge in [-0.15, -0.1) is 4.40 Å². The Balaban J connectivity index is 2.07. The lowest BCUT2D eigenvalue weighted by Gasteiger charge is -2.08. The number of sulfonamides is 1. The van der Waals surface area contributed by atoms with Crippen LogP contribution in [0.25, 0.3) is 0 Å². The Labute approximate surface area is 115 Å². The van der Waals surface area contributed by atoms with Crippen LogP contribution in [-0.4, -0.2) is 19.4 Å². The molecular formula is C13H10N2O4S. The molecule has 0 amide bonds. The van der Waals surface area contributed by atoms with Crippen molar-refractivity contribution in [1.29, 1.82) is 0 Å². The third kappa shape index (κ3) is 1.88. The Bertz CT molecular complexity index is 828. The van der Waals surface area contributed by atoms with Gasteiger partial charge in [0.15, 0.2) is 5.75 Å². The van der Waals surface area contributed by atoms with Crippen molar-refractivity contribution >= 4 is 21.6 Å². The Kier molecular flexibility index (Phi) is 2.65. The number of phenolic OH excluding ortho intramolecular Hbond substituents is 1. The van der Waals surface area contributed by atoms with E-state index in [-0.39, 0.29) is 28.0 Å². The van der Waals surface area contributed by atoms with Crippen LogP contribution in [0.4, 0.5) is 5.69 Å². The van der Waals surface area contributed by atoms with Crippen molar-refractivity contribution in [3.63, 3.8) is 0 Å². The molecule has 7 heteroatoms.